The number of hydrogen-bond acceptors (Lipinski definition) is 6. The highest BCUT2D eigenvalue weighted by Crippen LogP contribution is 2.35. The molecule has 1 aliphatic carbocycles. The summed E-state index contributed by atoms with van der Waals surface area (Å²) < 4.78 is 1.84. The Morgan fingerprint density at radius 3 is 2.92 bits per heavy atom. The molecule has 126 valence electrons. The zero-order valence-electron chi connectivity index (χ0n) is 13.6. The summed E-state index contributed by atoms with van der Waals surface area (Å²) >= 11 is 0. The monoisotopic (exact) mass is 329 g/mol. The maximum atomic E-state index is 11.4. The third kappa shape index (κ3) is 2.29. The van der Waals surface area contributed by atoms with E-state index in [9.17, 15) is 9.90 Å². The highest BCUT2D eigenvalue weighted by molar-refractivity contribution is 6.12. The third-order valence-corrected chi connectivity index (χ3v) is 4.52. The van der Waals surface area contributed by atoms with Gasteiger partial charge in [0.1, 0.15) is 0 Å². The van der Waals surface area contributed by atoms with Crippen molar-refractivity contribution < 1.29 is 14.7 Å². The molecule has 2 aromatic rings. The Bertz CT molecular complexity index is 855. The van der Waals surface area contributed by atoms with Crippen molar-refractivity contribution in [2.75, 3.05) is 5.32 Å². The first-order valence-electron chi connectivity index (χ1n) is 8.11. The normalized spacial score (nSPS) is 23.2. The number of fused-ring (bicyclic) bond motifs is 1. The first-order valence-corrected chi connectivity index (χ1v) is 8.11. The van der Waals surface area contributed by atoms with Crippen molar-refractivity contribution >= 4 is 28.4 Å². The number of aromatic nitrogens is 3. The number of carboxylic acid groups (broad SMARTS) is 1. The largest absolute Gasteiger partial charge is 0.478 e. The maximum absolute atomic E-state index is 11.4. The molecular formula is C16H19N5O3. The number of oxime groups is 1. The molecule has 0 bridgehead atoms. The predicted octanol–water partition coefficient (Wildman–Crippen LogP) is 1.99. The molecule has 1 atom stereocenters. The van der Waals surface area contributed by atoms with Gasteiger partial charge < -0.3 is 15.3 Å². The number of nitrogens with one attached hydrogen (secondary N) is 1. The Balaban J connectivity index is 1.79. The summed E-state index contributed by atoms with van der Waals surface area (Å²) in [6, 6.07) is 0.438. The second-order valence-corrected chi connectivity index (χ2v) is 6.51. The molecule has 0 amide bonds. The topological polar surface area (TPSA) is 102 Å². The lowest BCUT2D eigenvalue weighted by molar-refractivity contribution is -0.160. The third-order valence-electron chi connectivity index (χ3n) is 4.52. The van der Waals surface area contributed by atoms with E-state index in [1.54, 1.807) is 12.4 Å². The minimum absolute atomic E-state index is 0.205. The zero-order chi connectivity index (χ0) is 16.9. The minimum atomic E-state index is -1.32. The van der Waals surface area contributed by atoms with Crippen LogP contribution in [0.15, 0.2) is 17.5 Å². The summed E-state index contributed by atoms with van der Waals surface area (Å²) in [7, 11) is 0. The molecule has 1 unspecified atom stereocenters. The highest BCUT2D eigenvalue weighted by atomic mass is 16.7. The van der Waals surface area contributed by atoms with Gasteiger partial charge in [0.05, 0.1) is 23.0 Å². The van der Waals surface area contributed by atoms with Crippen LogP contribution in [0.25, 0.3) is 11.0 Å². The van der Waals surface area contributed by atoms with Gasteiger partial charge in [-0.2, -0.15) is 5.10 Å². The van der Waals surface area contributed by atoms with E-state index in [2.05, 4.69) is 20.6 Å². The van der Waals surface area contributed by atoms with Crippen LogP contribution in [0, 0.1) is 0 Å². The van der Waals surface area contributed by atoms with Gasteiger partial charge in [0.2, 0.25) is 5.60 Å². The van der Waals surface area contributed by atoms with Gasteiger partial charge in [-0.3, -0.25) is 0 Å². The van der Waals surface area contributed by atoms with Crippen LogP contribution in [-0.2, 0) is 16.2 Å². The Kier molecular flexibility index (Phi) is 3.22. The Morgan fingerprint density at radius 1 is 1.50 bits per heavy atom. The van der Waals surface area contributed by atoms with Gasteiger partial charge in [-0.1, -0.05) is 5.16 Å². The number of anilines is 1. The van der Waals surface area contributed by atoms with Gasteiger partial charge in [0.15, 0.2) is 5.65 Å². The Hall–Kier alpha value is -2.64. The molecule has 0 spiro atoms. The number of carboxylic acids is 1. The van der Waals surface area contributed by atoms with Gasteiger partial charge in [-0.05, 0) is 26.7 Å². The van der Waals surface area contributed by atoms with Gasteiger partial charge in [-0.25, -0.2) is 14.5 Å². The van der Waals surface area contributed by atoms with Crippen molar-refractivity contribution in [2.24, 2.45) is 5.16 Å². The van der Waals surface area contributed by atoms with Crippen LogP contribution in [-0.4, -0.2) is 43.2 Å². The molecule has 0 aromatic carbocycles. The molecular weight excluding hydrogens is 310 g/mol. The van der Waals surface area contributed by atoms with E-state index in [1.165, 1.54) is 6.92 Å². The molecule has 2 aromatic heterocycles. The van der Waals surface area contributed by atoms with Crippen molar-refractivity contribution in [2.45, 2.75) is 51.3 Å². The number of aliphatic carboxylic acids is 1. The molecule has 0 saturated heterocycles. The first-order chi connectivity index (χ1) is 11.5. The molecule has 8 nitrogen and oxygen atoms in total. The summed E-state index contributed by atoms with van der Waals surface area (Å²) in [6.45, 7) is 4.28. The van der Waals surface area contributed by atoms with Crippen molar-refractivity contribution in [1.82, 2.24) is 14.8 Å². The molecule has 0 radical (unpaired) electrons. The van der Waals surface area contributed by atoms with Crippen molar-refractivity contribution in [3.63, 3.8) is 0 Å². The molecule has 2 aliphatic rings. The summed E-state index contributed by atoms with van der Waals surface area (Å²) in [5, 5.41) is 22.2. The SMILES string of the molecule is CCn1ncc2c(NC3CC3)c(C3=NOC(C)(C(=O)O)C3)cnc21. The number of hydrogen-bond donors (Lipinski definition) is 2. The quantitative estimate of drug-likeness (QED) is 0.870. The average Bonchev–Trinajstić information content (AvgIpc) is 3.13. The van der Waals surface area contributed by atoms with Crippen molar-refractivity contribution in [3.8, 4) is 0 Å². The van der Waals surface area contributed by atoms with E-state index in [-0.39, 0.29) is 6.42 Å². The van der Waals surface area contributed by atoms with Crippen LogP contribution < -0.4 is 5.32 Å². The zero-order valence-corrected chi connectivity index (χ0v) is 13.6. The fourth-order valence-corrected chi connectivity index (χ4v) is 2.86. The van der Waals surface area contributed by atoms with E-state index >= 15 is 0 Å². The predicted molar refractivity (Wildman–Crippen MR) is 88.1 cm³/mol. The lowest BCUT2D eigenvalue weighted by atomic mass is 9.95. The molecule has 8 heteroatoms. The number of nitrogens with zero attached hydrogens (tertiary/aromatic N) is 4. The molecule has 1 saturated carbocycles. The molecule has 3 heterocycles. The van der Waals surface area contributed by atoms with E-state index in [4.69, 9.17) is 4.84 Å². The van der Waals surface area contributed by atoms with E-state index in [1.807, 2.05) is 11.6 Å². The smallest absolute Gasteiger partial charge is 0.351 e. The number of rotatable bonds is 5. The molecule has 4 rings (SSSR count). The second-order valence-electron chi connectivity index (χ2n) is 6.51. The van der Waals surface area contributed by atoms with Crippen LogP contribution in [0.1, 0.15) is 38.7 Å². The summed E-state index contributed by atoms with van der Waals surface area (Å²) in [5.74, 6) is -1.02. The summed E-state index contributed by atoms with van der Waals surface area (Å²) in [4.78, 5) is 21.1. The van der Waals surface area contributed by atoms with Gasteiger partial charge in [0, 0.05) is 30.8 Å². The fourth-order valence-electron chi connectivity index (χ4n) is 2.86. The van der Waals surface area contributed by atoms with E-state index in [0.29, 0.717) is 11.8 Å². The number of aryl methyl sites for hydroxylation is 1. The highest BCUT2D eigenvalue weighted by Gasteiger charge is 2.43. The van der Waals surface area contributed by atoms with Crippen LogP contribution in [0.2, 0.25) is 0 Å². The first kappa shape index (κ1) is 14.9. The standard InChI is InChI=1S/C16H19N5O3/c1-3-21-14-11(8-18-21)13(19-9-4-5-9)10(7-17-14)12-6-16(2,15(22)23)24-20-12/h7-9H,3-6H2,1-2H3,(H,17,19)(H,22,23). The average molecular weight is 329 g/mol. The van der Waals surface area contributed by atoms with Crippen molar-refractivity contribution in [3.05, 3.63) is 18.0 Å². The second kappa shape index (κ2) is 5.19. The van der Waals surface area contributed by atoms with Crippen molar-refractivity contribution in [1.29, 1.82) is 0 Å². The van der Waals surface area contributed by atoms with Crippen LogP contribution in [0.5, 0.6) is 0 Å². The van der Waals surface area contributed by atoms with E-state index < -0.39 is 11.6 Å². The summed E-state index contributed by atoms with van der Waals surface area (Å²) in [6.07, 6.45) is 5.99. The van der Waals surface area contributed by atoms with Crippen LogP contribution in [0.3, 0.4) is 0 Å². The molecule has 1 aliphatic heterocycles. The number of pyridine rings is 1. The van der Waals surface area contributed by atoms with E-state index in [0.717, 1.165) is 41.7 Å². The molecule has 1 fully saturated rings. The lowest BCUT2D eigenvalue weighted by Gasteiger charge is -2.15. The molecule has 2 N–H and O–H groups in total. The van der Waals surface area contributed by atoms with Crippen LogP contribution in [0.4, 0.5) is 5.69 Å². The van der Waals surface area contributed by atoms with Gasteiger partial charge >= 0.3 is 5.97 Å². The Labute approximate surface area is 138 Å². The minimum Gasteiger partial charge on any atom is -0.478 e. The van der Waals surface area contributed by atoms with Gasteiger partial charge in [0.25, 0.3) is 0 Å². The Morgan fingerprint density at radius 2 is 2.29 bits per heavy atom. The molecule has 24 heavy (non-hydrogen) atoms. The fraction of sp³-hybridized carbons (Fsp3) is 0.500. The maximum Gasteiger partial charge on any atom is 0.351 e. The lowest BCUT2D eigenvalue weighted by Crippen LogP contribution is -2.35. The summed E-state index contributed by atoms with van der Waals surface area (Å²) in [5.41, 5.74) is 1.79. The number of carbonyl (C=O) groups is 1. The van der Waals surface area contributed by atoms with Crippen LogP contribution >= 0.6 is 0 Å². The van der Waals surface area contributed by atoms with Gasteiger partial charge in [-0.15, -0.1) is 0 Å².